The zero-order valence-electron chi connectivity index (χ0n) is 8.91. The van der Waals surface area contributed by atoms with Gasteiger partial charge in [0.15, 0.2) is 0 Å². The van der Waals surface area contributed by atoms with E-state index in [-0.39, 0.29) is 0 Å². The molecule has 0 amide bonds. The van der Waals surface area contributed by atoms with Crippen molar-refractivity contribution < 1.29 is 5.11 Å². The number of hydrogen-bond acceptors (Lipinski definition) is 2. The average Bonchev–Trinajstić information content (AvgIpc) is 2.19. The van der Waals surface area contributed by atoms with Crippen LogP contribution >= 0.6 is 0 Å². The van der Waals surface area contributed by atoms with Crippen LogP contribution in [0.5, 0.6) is 0 Å². The van der Waals surface area contributed by atoms with Gasteiger partial charge >= 0.3 is 0 Å². The Labute approximate surface area is 86.6 Å². The van der Waals surface area contributed by atoms with Crippen molar-refractivity contribution in [2.24, 2.45) is 5.41 Å². The molecule has 1 heterocycles. The van der Waals surface area contributed by atoms with Gasteiger partial charge in [-0.2, -0.15) is 0 Å². The SMILES string of the molecule is OCCN1CCCC2(CC=CCC2)C1. The molecule has 1 saturated heterocycles. The molecule has 14 heavy (non-hydrogen) atoms. The predicted molar refractivity (Wildman–Crippen MR) is 58.2 cm³/mol. The Morgan fingerprint density at radius 1 is 1.29 bits per heavy atom. The van der Waals surface area contributed by atoms with Crippen LogP contribution in [-0.2, 0) is 0 Å². The first-order valence-corrected chi connectivity index (χ1v) is 5.83. The first kappa shape index (κ1) is 10.2. The van der Waals surface area contributed by atoms with Gasteiger partial charge in [0.1, 0.15) is 0 Å². The molecule has 0 bridgehead atoms. The monoisotopic (exact) mass is 195 g/mol. The summed E-state index contributed by atoms with van der Waals surface area (Å²) in [6.07, 6.45) is 11.2. The van der Waals surface area contributed by atoms with Crippen LogP contribution in [0.4, 0.5) is 0 Å². The summed E-state index contributed by atoms with van der Waals surface area (Å²) in [7, 11) is 0. The molecule has 0 aromatic carbocycles. The van der Waals surface area contributed by atoms with E-state index in [2.05, 4.69) is 17.1 Å². The van der Waals surface area contributed by atoms with E-state index in [1.807, 2.05) is 0 Å². The Bertz CT molecular complexity index is 212. The Morgan fingerprint density at radius 3 is 2.93 bits per heavy atom. The van der Waals surface area contributed by atoms with Crippen LogP contribution in [0, 0.1) is 5.41 Å². The Hall–Kier alpha value is -0.340. The van der Waals surface area contributed by atoms with Gasteiger partial charge in [0.2, 0.25) is 0 Å². The average molecular weight is 195 g/mol. The van der Waals surface area contributed by atoms with Crippen molar-refractivity contribution >= 4 is 0 Å². The summed E-state index contributed by atoms with van der Waals surface area (Å²) >= 11 is 0. The zero-order chi connectivity index (χ0) is 9.86. The van der Waals surface area contributed by atoms with Gasteiger partial charge in [-0.1, -0.05) is 12.2 Å². The topological polar surface area (TPSA) is 23.5 Å². The molecule has 80 valence electrons. The summed E-state index contributed by atoms with van der Waals surface area (Å²) in [5.74, 6) is 0. The van der Waals surface area contributed by atoms with Gasteiger partial charge in [-0.15, -0.1) is 0 Å². The molecule has 1 N–H and O–H groups in total. The summed E-state index contributed by atoms with van der Waals surface area (Å²) in [5, 5.41) is 8.95. The summed E-state index contributed by atoms with van der Waals surface area (Å²) in [5.41, 5.74) is 0.558. The minimum absolute atomic E-state index is 0.311. The molecule has 1 aliphatic heterocycles. The molecular weight excluding hydrogens is 174 g/mol. The summed E-state index contributed by atoms with van der Waals surface area (Å²) in [4.78, 5) is 2.43. The first-order chi connectivity index (χ1) is 6.85. The van der Waals surface area contributed by atoms with E-state index in [0.29, 0.717) is 12.0 Å². The summed E-state index contributed by atoms with van der Waals surface area (Å²) < 4.78 is 0. The third-order valence-electron chi connectivity index (χ3n) is 3.72. The second-order valence-electron chi connectivity index (χ2n) is 4.82. The molecule has 1 unspecified atom stereocenters. The lowest BCUT2D eigenvalue weighted by molar-refractivity contribution is 0.0662. The maximum Gasteiger partial charge on any atom is 0.0558 e. The maximum absolute atomic E-state index is 8.95. The van der Waals surface area contributed by atoms with Crippen LogP contribution in [0.25, 0.3) is 0 Å². The smallest absolute Gasteiger partial charge is 0.0558 e. The number of rotatable bonds is 2. The highest BCUT2D eigenvalue weighted by atomic mass is 16.3. The van der Waals surface area contributed by atoms with Crippen LogP contribution in [0.1, 0.15) is 32.1 Å². The molecule has 1 atom stereocenters. The van der Waals surface area contributed by atoms with Crippen LogP contribution in [0.15, 0.2) is 12.2 Å². The minimum Gasteiger partial charge on any atom is -0.395 e. The molecular formula is C12H21NO. The van der Waals surface area contributed by atoms with E-state index in [0.717, 1.165) is 6.54 Å². The zero-order valence-corrected chi connectivity index (χ0v) is 8.91. The van der Waals surface area contributed by atoms with Gasteiger partial charge in [0, 0.05) is 13.1 Å². The number of aliphatic hydroxyl groups is 1. The fraction of sp³-hybridized carbons (Fsp3) is 0.833. The van der Waals surface area contributed by atoms with Crippen LogP contribution in [0.3, 0.4) is 0 Å². The standard InChI is InChI=1S/C12H21NO/c14-10-9-13-8-4-7-12(11-13)5-2-1-3-6-12/h1-2,14H,3-11H2. The number of hydrogen-bond donors (Lipinski definition) is 1. The summed E-state index contributed by atoms with van der Waals surface area (Å²) in [6.45, 7) is 3.57. The number of nitrogens with zero attached hydrogens (tertiary/aromatic N) is 1. The van der Waals surface area contributed by atoms with Gasteiger partial charge in [0.05, 0.1) is 6.61 Å². The lowest BCUT2D eigenvalue weighted by Crippen LogP contribution is -2.44. The third-order valence-corrected chi connectivity index (χ3v) is 3.72. The van der Waals surface area contributed by atoms with Crippen LogP contribution < -0.4 is 0 Å². The fourth-order valence-electron chi connectivity index (χ4n) is 2.96. The van der Waals surface area contributed by atoms with E-state index in [9.17, 15) is 0 Å². The molecule has 1 aliphatic carbocycles. The molecule has 0 radical (unpaired) electrons. The summed E-state index contributed by atoms with van der Waals surface area (Å²) in [6, 6.07) is 0. The minimum atomic E-state index is 0.311. The molecule has 2 aliphatic rings. The number of aliphatic hydroxyl groups excluding tert-OH is 1. The van der Waals surface area contributed by atoms with Gasteiger partial charge in [0.25, 0.3) is 0 Å². The van der Waals surface area contributed by atoms with Crippen molar-refractivity contribution in [1.29, 1.82) is 0 Å². The normalized spacial score (nSPS) is 33.8. The van der Waals surface area contributed by atoms with Crippen molar-refractivity contribution in [3.05, 3.63) is 12.2 Å². The van der Waals surface area contributed by atoms with Crippen molar-refractivity contribution in [2.45, 2.75) is 32.1 Å². The van der Waals surface area contributed by atoms with Crippen LogP contribution in [0.2, 0.25) is 0 Å². The Balaban J connectivity index is 1.95. The van der Waals surface area contributed by atoms with E-state index in [1.165, 1.54) is 45.2 Å². The van der Waals surface area contributed by atoms with Gasteiger partial charge in [-0.3, -0.25) is 0 Å². The quantitative estimate of drug-likeness (QED) is 0.679. The third kappa shape index (κ3) is 2.18. The molecule has 0 aromatic rings. The first-order valence-electron chi connectivity index (χ1n) is 5.83. The van der Waals surface area contributed by atoms with E-state index < -0.39 is 0 Å². The highest BCUT2D eigenvalue weighted by Crippen LogP contribution is 2.40. The molecule has 1 spiro atoms. The molecule has 0 saturated carbocycles. The Morgan fingerprint density at radius 2 is 2.21 bits per heavy atom. The second-order valence-corrected chi connectivity index (χ2v) is 4.82. The van der Waals surface area contributed by atoms with Gasteiger partial charge < -0.3 is 10.0 Å². The number of allylic oxidation sites excluding steroid dienone is 2. The van der Waals surface area contributed by atoms with Gasteiger partial charge in [-0.05, 0) is 44.1 Å². The van der Waals surface area contributed by atoms with Crippen molar-refractivity contribution in [3.8, 4) is 0 Å². The molecule has 2 nitrogen and oxygen atoms in total. The largest absolute Gasteiger partial charge is 0.395 e. The molecule has 2 rings (SSSR count). The molecule has 0 aromatic heterocycles. The lowest BCUT2D eigenvalue weighted by Gasteiger charge is -2.43. The van der Waals surface area contributed by atoms with Crippen molar-refractivity contribution in [3.63, 3.8) is 0 Å². The van der Waals surface area contributed by atoms with Gasteiger partial charge in [-0.25, -0.2) is 0 Å². The number of piperidine rings is 1. The highest BCUT2D eigenvalue weighted by Gasteiger charge is 2.34. The maximum atomic E-state index is 8.95. The van der Waals surface area contributed by atoms with E-state index >= 15 is 0 Å². The molecule has 1 fully saturated rings. The lowest BCUT2D eigenvalue weighted by atomic mass is 9.71. The second kappa shape index (κ2) is 4.45. The number of likely N-dealkylation sites (tertiary alicyclic amines) is 1. The van der Waals surface area contributed by atoms with E-state index in [1.54, 1.807) is 0 Å². The number of β-amino-alcohol motifs (C(OH)–C–C–N with tert-alkyl or cyclic N) is 1. The molecule has 2 heteroatoms. The van der Waals surface area contributed by atoms with Crippen molar-refractivity contribution in [2.75, 3.05) is 26.2 Å². The Kier molecular flexibility index (Phi) is 3.24. The highest BCUT2D eigenvalue weighted by molar-refractivity contribution is 5.00. The van der Waals surface area contributed by atoms with Crippen molar-refractivity contribution in [1.82, 2.24) is 4.90 Å². The van der Waals surface area contributed by atoms with Crippen LogP contribution in [-0.4, -0.2) is 36.2 Å². The fourth-order valence-corrected chi connectivity index (χ4v) is 2.96. The predicted octanol–water partition coefficient (Wildman–Crippen LogP) is 1.80. The van der Waals surface area contributed by atoms with E-state index in [4.69, 9.17) is 5.11 Å².